The quantitative estimate of drug-likeness (QED) is 0.819. The third-order valence-electron chi connectivity index (χ3n) is 3.98. The first-order chi connectivity index (χ1) is 11.5. The number of aryl methyl sites for hydroxylation is 1. The number of aromatic nitrogens is 2. The van der Waals surface area contributed by atoms with Crippen LogP contribution in [0.3, 0.4) is 0 Å². The van der Waals surface area contributed by atoms with E-state index in [-0.39, 0.29) is 11.8 Å². The van der Waals surface area contributed by atoms with Gasteiger partial charge in [0.05, 0.1) is 27.4 Å². The Kier molecular flexibility index (Phi) is 4.78. The summed E-state index contributed by atoms with van der Waals surface area (Å²) < 4.78 is 1.59. The van der Waals surface area contributed by atoms with Crippen molar-refractivity contribution in [1.29, 1.82) is 0 Å². The fourth-order valence-electron chi connectivity index (χ4n) is 2.69. The van der Waals surface area contributed by atoms with Crippen LogP contribution < -0.4 is 0 Å². The molecule has 1 aliphatic rings. The fraction of sp³-hybridized carbons (Fsp3) is 0.312. The molecule has 0 bridgehead atoms. The van der Waals surface area contributed by atoms with Gasteiger partial charge in [-0.25, -0.2) is 0 Å². The van der Waals surface area contributed by atoms with Gasteiger partial charge in [-0.15, -0.1) is 0 Å². The maximum absolute atomic E-state index is 12.6. The summed E-state index contributed by atoms with van der Waals surface area (Å²) in [6.45, 7) is 1.79. The van der Waals surface area contributed by atoms with Crippen LogP contribution in [0.1, 0.15) is 20.7 Å². The van der Waals surface area contributed by atoms with E-state index < -0.39 is 0 Å². The lowest BCUT2D eigenvalue weighted by molar-refractivity contribution is 0.0535. The third-order valence-corrected chi connectivity index (χ3v) is 4.61. The van der Waals surface area contributed by atoms with Crippen LogP contribution >= 0.6 is 23.2 Å². The highest BCUT2D eigenvalue weighted by Crippen LogP contribution is 2.26. The first-order valence-electron chi connectivity index (χ1n) is 7.48. The Bertz CT molecular complexity index is 762. The number of hydrogen-bond donors (Lipinski definition) is 0. The van der Waals surface area contributed by atoms with Gasteiger partial charge in [0.2, 0.25) is 0 Å². The average molecular weight is 367 g/mol. The fourth-order valence-corrected chi connectivity index (χ4v) is 3.25. The molecule has 2 aromatic rings. The molecule has 0 radical (unpaired) electrons. The first kappa shape index (κ1) is 16.8. The summed E-state index contributed by atoms with van der Waals surface area (Å²) in [5.41, 5.74) is 0.860. The van der Waals surface area contributed by atoms with Gasteiger partial charge in [-0.05, 0) is 12.1 Å². The molecule has 24 heavy (non-hydrogen) atoms. The van der Waals surface area contributed by atoms with Crippen LogP contribution in [0.15, 0.2) is 30.6 Å². The van der Waals surface area contributed by atoms with Crippen molar-refractivity contribution in [2.45, 2.75) is 0 Å². The Labute approximate surface area is 149 Å². The second-order valence-electron chi connectivity index (χ2n) is 5.58. The second kappa shape index (κ2) is 6.83. The normalized spacial score (nSPS) is 14.8. The number of rotatable bonds is 2. The van der Waals surface area contributed by atoms with E-state index in [1.165, 1.54) is 0 Å². The molecule has 8 heteroatoms. The number of amides is 2. The third kappa shape index (κ3) is 3.25. The lowest BCUT2D eigenvalue weighted by atomic mass is 10.1. The smallest absolute Gasteiger partial charge is 0.257 e. The lowest BCUT2D eigenvalue weighted by Gasteiger charge is -2.34. The van der Waals surface area contributed by atoms with Crippen LogP contribution in [0.2, 0.25) is 10.0 Å². The molecule has 0 N–H and O–H groups in total. The summed E-state index contributed by atoms with van der Waals surface area (Å²) in [5, 5.41) is 4.68. The van der Waals surface area contributed by atoms with E-state index in [4.69, 9.17) is 23.2 Å². The molecule has 1 aliphatic heterocycles. The van der Waals surface area contributed by atoms with Crippen molar-refractivity contribution in [3.8, 4) is 0 Å². The molecule has 1 aromatic heterocycles. The van der Waals surface area contributed by atoms with Crippen LogP contribution in [0.25, 0.3) is 0 Å². The summed E-state index contributed by atoms with van der Waals surface area (Å²) >= 11 is 12.2. The number of benzene rings is 1. The summed E-state index contributed by atoms with van der Waals surface area (Å²) in [6.07, 6.45) is 3.23. The van der Waals surface area contributed by atoms with E-state index in [2.05, 4.69) is 5.10 Å². The predicted molar refractivity (Wildman–Crippen MR) is 91.5 cm³/mol. The SMILES string of the molecule is Cn1cc(C(=O)N2CCN(C(=O)c3c(Cl)cccc3Cl)CC2)cn1. The molecule has 0 saturated carbocycles. The maximum atomic E-state index is 12.6. The Hall–Kier alpha value is -2.05. The van der Waals surface area contributed by atoms with Gasteiger partial charge in [-0.3, -0.25) is 14.3 Å². The maximum Gasteiger partial charge on any atom is 0.257 e. The van der Waals surface area contributed by atoms with Crippen molar-refractivity contribution in [3.63, 3.8) is 0 Å². The number of nitrogens with zero attached hydrogens (tertiary/aromatic N) is 4. The Morgan fingerprint density at radius 3 is 2.04 bits per heavy atom. The molecular weight excluding hydrogens is 351 g/mol. The number of piperazine rings is 1. The molecule has 0 atom stereocenters. The summed E-state index contributed by atoms with van der Waals surface area (Å²) in [4.78, 5) is 28.4. The molecule has 0 aliphatic carbocycles. The van der Waals surface area contributed by atoms with E-state index in [0.717, 1.165) is 0 Å². The summed E-state index contributed by atoms with van der Waals surface area (Å²) in [5.74, 6) is -0.287. The van der Waals surface area contributed by atoms with Crippen molar-refractivity contribution in [3.05, 3.63) is 51.8 Å². The van der Waals surface area contributed by atoms with Gasteiger partial charge in [0, 0.05) is 39.4 Å². The van der Waals surface area contributed by atoms with Crippen LogP contribution in [-0.4, -0.2) is 57.6 Å². The minimum absolute atomic E-state index is 0.0778. The van der Waals surface area contributed by atoms with Crippen molar-refractivity contribution < 1.29 is 9.59 Å². The minimum atomic E-state index is -0.209. The Balaban J connectivity index is 1.67. The van der Waals surface area contributed by atoms with Crippen molar-refractivity contribution in [2.24, 2.45) is 7.05 Å². The molecule has 3 rings (SSSR count). The minimum Gasteiger partial charge on any atom is -0.335 e. The molecule has 2 amide bonds. The molecule has 1 aromatic carbocycles. The van der Waals surface area contributed by atoms with E-state index in [9.17, 15) is 9.59 Å². The van der Waals surface area contributed by atoms with Crippen LogP contribution in [0.4, 0.5) is 0 Å². The zero-order valence-electron chi connectivity index (χ0n) is 13.1. The topological polar surface area (TPSA) is 58.4 Å². The van der Waals surface area contributed by atoms with Crippen LogP contribution in [0.5, 0.6) is 0 Å². The van der Waals surface area contributed by atoms with E-state index >= 15 is 0 Å². The highest BCUT2D eigenvalue weighted by Gasteiger charge is 2.27. The molecule has 0 unspecified atom stereocenters. The van der Waals surface area contributed by atoms with Crippen molar-refractivity contribution >= 4 is 35.0 Å². The predicted octanol–water partition coefficient (Wildman–Crippen LogP) is 2.33. The average Bonchev–Trinajstić information content (AvgIpc) is 3.00. The van der Waals surface area contributed by atoms with Crippen LogP contribution in [0, 0.1) is 0 Å². The van der Waals surface area contributed by atoms with E-state index in [1.807, 2.05) is 0 Å². The summed E-state index contributed by atoms with van der Waals surface area (Å²) in [6, 6.07) is 4.98. The standard InChI is InChI=1S/C16H16Cl2N4O2/c1-20-10-11(9-19-20)15(23)21-5-7-22(8-6-21)16(24)14-12(17)3-2-4-13(14)18/h2-4,9-10H,5-8H2,1H3. The number of halogens is 2. The van der Waals surface area contributed by atoms with Gasteiger partial charge in [-0.1, -0.05) is 29.3 Å². The van der Waals surface area contributed by atoms with Gasteiger partial charge in [0.15, 0.2) is 0 Å². The van der Waals surface area contributed by atoms with Crippen molar-refractivity contribution in [2.75, 3.05) is 26.2 Å². The van der Waals surface area contributed by atoms with E-state index in [1.54, 1.807) is 52.1 Å². The molecular formula is C16H16Cl2N4O2. The van der Waals surface area contributed by atoms with Crippen molar-refractivity contribution in [1.82, 2.24) is 19.6 Å². The second-order valence-corrected chi connectivity index (χ2v) is 6.40. The van der Waals surface area contributed by atoms with Gasteiger partial charge >= 0.3 is 0 Å². The number of hydrogen-bond acceptors (Lipinski definition) is 3. The monoisotopic (exact) mass is 366 g/mol. The van der Waals surface area contributed by atoms with E-state index in [0.29, 0.717) is 47.4 Å². The zero-order valence-corrected chi connectivity index (χ0v) is 14.6. The lowest BCUT2D eigenvalue weighted by Crippen LogP contribution is -2.50. The number of carbonyl (C=O) groups excluding carboxylic acids is 2. The van der Waals surface area contributed by atoms with Gasteiger partial charge < -0.3 is 9.80 Å². The Morgan fingerprint density at radius 2 is 1.54 bits per heavy atom. The molecule has 2 heterocycles. The van der Waals surface area contributed by atoms with Crippen LogP contribution in [-0.2, 0) is 7.05 Å². The molecule has 126 valence electrons. The van der Waals surface area contributed by atoms with Gasteiger partial charge in [0.25, 0.3) is 11.8 Å². The molecule has 1 saturated heterocycles. The molecule has 6 nitrogen and oxygen atoms in total. The van der Waals surface area contributed by atoms with Gasteiger partial charge in [-0.2, -0.15) is 5.10 Å². The highest BCUT2D eigenvalue weighted by molar-refractivity contribution is 6.39. The zero-order chi connectivity index (χ0) is 17.3. The number of carbonyl (C=O) groups is 2. The molecule has 1 fully saturated rings. The highest BCUT2D eigenvalue weighted by atomic mass is 35.5. The first-order valence-corrected chi connectivity index (χ1v) is 8.24. The van der Waals surface area contributed by atoms with Gasteiger partial charge in [0.1, 0.15) is 0 Å². The largest absolute Gasteiger partial charge is 0.335 e. The molecule has 0 spiro atoms. The Morgan fingerprint density at radius 1 is 1.00 bits per heavy atom. The summed E-state index contributed by atoms with van der Waals surface area (Å²) in [7, 11) is 1.76.